The van der Waals surface area contributed by atoms with Crippen molar-refractivity contribution in [2.45, 2.75) is 27.3 Å². The van der Waals surface area contributed by atoms with Gasteiger partial charge in [-0.2, -0.15) is 0 Å². The number of nitrogens with zero attached hydrogens (tertiary/aromatic N) is 2. The summed E-state index contributed by atoms with van der Waals surface area (Å²) in [7, 11) is 0. The molecule has 0 spiro atoms. The zero-order valence-electron chi connectivity index (χ0n) is 16.1. The maximum atomic E-state index is 12.4. The maximum Gasteiger partial charge on any atom is 0.238 e. The minimum atomic E-state index is 0.0783. The summed E-state index contributed by atoms with van der Waals surface area (Å²) in [6, 6.07) is 14.8. The molecular weight excluding hydrogens is 322 g/mol. The molecule has 1 saturated heterocycles. The number of aryl methyl sites for hydroxylation is 3. The molecule has 1 N–H and O–H groups in total. The van der Waals surface area contributed by atoms with Crippen LogP contribution in [0.2, 0.25) is 0 Å². The zero-order valence-corrected chi connectivity index (χ0v) is 16.1. The van der Waals surface area contributed by atoms with Gasteiger partial charge in [0.15, 0.2) is 0 Å². The van der Waals surface area contributed by atoms with E-state index in [0.717, 1.165) is 49.5 Å². The molecule has 1 aliphatic rings. The second-order valence-electron chi connectivity index (χ2n) is 7.36. The molecule has 0 atom stereocenters. The topological polar surface area (TPSA) is 35.6 Å². The van der Waals surface area contributed by atoms with Gasteiger partial charge in [0.05, 0.1) is 6.54 Å². The molecule has 1 aliphatic heterocycles. The fourth-order valence-corrected chi connectivity index (χ4v) is 3.57. The third-order valence-corrected chi connectivity index (χ3v) is 5.07. The second-order valence-corrected chi connectivity index (χ2v) is 7.36. The number of amides is 1. The normalized spacial score (nSPS) is 15.8. The molecule has 4 nitrogen and oxygen atoms in total. The number of carbonyl (C=O) groups excluding carboxylic acids is 1. The number of nitrogens with one attached hydrogen (secondary N) is 1. The molecule has 0 radical (unpaired) electrons. The first kappa shape index (κ1) is 18.6. The fraction of sp³-hybridized carbons (Fsp3) is 0.409. The van der Waals surface area contributed by atoms with Gasteiger partial charge >= 0.3 is 0 Å². The van der Waals surface area contributed by atoms with Gasteiger partial charge in [-0.3, -0.25) is 14.6 Å². The van der Waals surface area contributed by atoms with Crippen LogP contribution in [0, 0.1) is 20.8 Å². The van der Waals surface area contributed by atoms with Crippen molar-refractivity contribution in [3.63, 3.8) is 0 Å². The van der Waals surface area contributed by atoms with E-state index in [1.165, 1.54) is 11.1 Å². The van der Waals surface area contributed by atoms with Crippen molar-refractivity contribution in [2.24, 2.45) is 0 Å². The number of para-hydroxylation sites is 1. The van der Waals surface area contributed by atoms with E-state index >= 15 is 0 Å². The Morgan fingerprint density at radius 2 is 1.54 bits per heavy atom. The SMILES string of the molecule is Cc1cccc(CN2CCN(CC(=O)Nc3c(C)cccc3C)CC2)c1. The lowest BCUT2D eigenvalue weighted by Gasteiger charge is -2.34. The van der Waals surface area contributed by atoms with Crippen molar-refractivity contribution < 1.29 is 4.79 Å². The van der Waals surface area contributed by atoms with E-state index in [0.29, 0.717) is 6.54 Å². The summed E-state index contributed by atoms with van der Waals surface area (Å²) >= 11 is 0. The summed E-state index contributed by atoms with van der Waals surface area (Å²) in [4.78, 5) is 17.1. The van der Waals surface area contributed by atoms with Gasteiger partial charge in [-0.25, -0.2) is 0 Å². The second kappa shape index (κ2) is 8.47. The van der Waals surface area contributed by atoms with Gasteiger partial charge in [-0.1, -0.05) is 48.0 Å². The van der Waals surface area contributed by atoms with E-state index in [1.54, 1.807) is 0 Å². The Kier molecular flexibility index (Phi) is 6.07. The third-order valence-electron chi connectivity index (χ3n) is 5.07. The van der Waals surface area contributed by atoms with Crippen molar-refractivity contribution in [3.05, 3.63) is 64.7 Å². The standard InChI is InChI=1S/C22H29N3O/c1-17-6-4-9-20(14-17)15-24-10-12-25(13-11-24)16-21(26)23-22-18(2)7-5-8-19(22)3/h4-9,14H,10-13,15-16H2,1-3H3,(H,23,26). The van der Waals surface area contributed by atoms with E-state index in [1.807, 2.05) is 32.0 Å². The van der Waals surface area contributed by atoms with E-state index < -0.39 is 0 Å². The van der Waals surface area contributed by atoms with Crippen LogP contribution in [0.15, 0.2) is 42.5 Å². The molecule has 4 heteroatoms. The first-order chi connectivity index (χ1) is 12.5. The van der Waals surface area contributed by atoms with E-state index in [4.69, 9.17) is 0 Å². The highest BCUT2D eigenvalue weighted by atomic mass is 16.2. The number of hydrogen-bond acceptors (Lipinski definition) is 3. The van der Waals surface area contributed by atoms with Crippen LogP contribution < -0.4 is 5.32 Å². The van der Waals surface area contributed by atoms with Crippen molar-refractivity contribution in [1.29, 1.82) is 0 Å². The lowest BCUT2D eigenvalue weighted by atomic mass is 10.1. The summed E-state index contributed by atoms with van der Waals surface area (Å²) in [5.41, 5.74) is 5.86. The van der Waals surface area contributed by atoms with Crippen LogP contribution >= 0.6 is 0 Å². The number of benzene rings is 2. The van der Waals surface area contributed by atoms with Crippen molar-refractivity contribution in [2.75, 3.05) is 38.0 Å². The Morgan fingerprint density at radius 1 is 0.923 bits per heavy atom. The third kappa shape index (κ3) is 4.93. The van der Waals surface area contributed by atoms with Crippen molar-refractivity contribution in [1.82, 2.24) is 9.80 Å². The molecule has 2 aromatic rings. The van der Waals surface area contributed by atoms with Crippen molar-refractivity contribution in [3.8, 4) is 0 Å². The van der Waals surface area contributed by atoms with Gasteiger partial charge in [0.25, 0.3) is 0 Å². The lowest BCUT2D eigenvalue weighted by Crippen LogP contribution is -2.48. The maximum absolute atomic E-state index is 12.4. The number of piperazine rings is 1. The van der Waals surface area contributed by atoms with Crippen LogP contribution in [0.4, 0.5) is 5.69 Å². The molecule has 0 saturated carbocycles. The van der Waals surface area contributed by atoms with E-state index in [2.05, 4.69) is 46.3 Å². The molecular formula is C22H29N3O. The number of anilines is 1. The van der Waals surface area contributed by atoms with Gasteiger partial charge in [0.2, 0.25) is 5.91 Å². The molecule has 0 bridgehead atoms. The fourth-order valence-electron chi connectivity index (χ4n) is 3.57. The molecule has 0 unspecified atom stereocenters. The molecule has 26 heavy (non-hydrogen) atoms. The summed E-state index contributed by atoms with van der Waals surface area (Å²) in [5, 5.41) is 3.09. The number of carbonyl (C=O) groups is 1. The largest absolute Gasteiger partial charge is 0.324 e. The van der Waals surface area contributed by atoms with Crippen LogP contribution in [0.5, 0.6) is 0 Å². The highest BCUT2D eigenvalue weighted by molar-refractivity contribution is 5.93. The molecule has 1 amide bonds. The van der Waals surface area contributed by atoms with Gasteiger partial charge in [0, 0.05) is 38.4 Å². The number of rotatable bonds is 5. The summed E-state index contributed by atoms with van der Waals surface area (Å²) < 4.78 is 0. The van der Waals surface area contributed by atoms with E-state index in [-0.39, 0.29) is 5.91 Å². The Labute approximate surface area is 156 Å². The monoisotopic (exact) mass is 351 g/mol. The highest BCUT2D eigenvalue weighted by Gasteiger charge is 2.19. The molecule has 1 fully saturated rings. The van der Waals surface area contributed by atoms with Gasteiger partial charge in [-0.05, 0) is 37.5 Å². The molecule has 3 rings (SSSR count). The van der Waals surface area contributed by atoms with Gasteiger partial charge < -0.3 is 5.32 Å². The molecule has 1 heterocycles. The van der Waals surface area contributed by atoms with Crippen LogP contribution in [-0.4, -0.2) is 48.4 Å². The zero-order chi connectivity index (χ0) is 18.5. The summed E-state index contributed by atoms with van der Waals surface area (Å²) in [6.07, 6.45) is 0. The Morgan fingerprint density at radius 3 is 2.19 bits per heavy atom. The predicted octanol–water partition coefficient (Wildman–Crippen LogP) is 3.37. The van der Waals surface area contributed by atoms with Crippen LogP contribution in [-0.2, 0) is 11.3 Å². The summed E-state index contributed by atoms with van der Waals surface area (Å²) in [5.74, 6) is 0.0783. The molecule has 138 valence electrons. The van der Waals surface area contributed by atoms with Gasteiger partial charge in [-0.15, -0.1) is 0 Å². The average Bonchev–Trinajstić information content (AvgIpc) is 2.60. The van der Waals surface area contributed by atoms with Crippen LogP contribution in [0.3, 0.4) is 0 Å². The Balaban J connectivity index is 1.47. The summed E-state index contributed by atoms with van der Waals surface area (Å²) in [6.45, 7) is 11.5. The minimum Gasteiger partial charge on any atom is -0.324 e. The first-order valence-corrected chi connectivity index (χ1v) is 9.37. The number of hydrogen-bond donors (Lipinski definition) is 1. The van der Waals surface area contributed by atoms with Crippen LogP contribution in [0.25, 0.3) is 0 Å². The lowest BCUT2D eigenvalue weighted by molar-refractivity contribution is -0.117. The van der Waals surface area contributed by atoms with E-state index in [9.17, 15) is 4.79 Å². The first-order valence-electron chi connectivity index (χ1n) is 9.37. The molecule has 2 aromatic carbocycles. The smallest absolute Gasteiger partial charge is 0.238 e. The predicted molar refractivity (Wildman–Crippen MR) is 107 cm³/mol. The van der Waals surface area contributed by atoms with Crippen LogP contribution in [0.1, 0.15) is 22.3 Å². The highest BCUT2D eigenvalue weighted by Crippen LogP contribution is 2.19. The minimum absolute atomic E-state index is 0.0783. The average molecular weight is 351 g/mol. The molecule has 0 aliphatic carbocycles. The molecule has 0 aromatic heterocycles. The van der Waals surface area contributed by atoms with Gasteiger partial charge in [0.1, 0.15) is 0 Å². The van der Waals surface area contributed by atoms with Crippen molar-refractivity contribution >= 4 is 11.6 Å². The Bertz CT molecular complexity index is 743. The quantitative estimate of drug-likeness (QED) is 0.897. The Hall–Kier alpha value is -2.17.